The van der Waals surface area contributed by atoms with E-state index in [1.54, 1.807) is 7.11 Å². The highest BCUT2D eigenvalue weighted by atomic mass is 16.5. The summed E-state index contributed by atoms with van der Waals surface area (Å²) >= 11 is 0. The molecule has 1 N–H and O–H groups in total. The van der Waals surface area contributed by atoms with Crippen LogP contribution in [0, 0.1) is 0 Å². The maximum absolute atomic E-state index is 5.58. The first-order chi connectivity index (χ1) is 7.28. The summed E-state index contributed by atoms with van der Waals surface area (Å²) in [6, 6.07) is 0. The molecule has 2 rings (SSSR count). The van der Waals surface area contributed by atoms with E-state index in [0.717, 1.165) is 25.3 Å². The highest BCUT2D eigenvalue weighted by molar-refractivity contribution is 5.09. The van der Waals surface area contributed by atoms with Crippen molar-refractivity contribution in [3.8, 4) is 0 Å². The highest BCUT2D eigenvalue weighted by Gasteiger charge is 2.38. The van der Waals surface area contributed by atoms with Gasteiger partial charge in [-0.1, -0.05) is 13.8 Å². The van der Waals surface area contributed by atoms with E-state index in [4.69, 9.17) is 4.74 Å². The van der Waals surface area contributed by atoms with Crippen molar-refractivity contribution in [2.45, 2.75) is 25.9 Å². The van der Waals surface area contributed by atoms with Crippen molar-refractivity contribution in [3.63, 3.8) is 0 Å². The van der Waals surface area contributed by atoms with E-state index >= 15 is 0 Å². The van der Waals surface area contributed by atoms with Gasteiger partial charge in [0.05, 0.1) is 0 Å². The van der Waals surface area contributed by atoms with Crippen molar-refractivity contribution < 1.29 is 4.74 Å². The van der Waals surface area contributed by atoms with Crippen LogP contribution in [0.5, 0.6) is 0 Å². The van der Waals surface area contributed by atoms with E-state index in [2.05, 4.69) is 10.3 Å². The summed E-state index contributed by atoms with van der Waals surface area (Å²) in [6.07, 6.45) is 4.76. The number of nitrogens with zero attached hydrogens (tertiary/aromatic N) is 2. The Morgan fingerprint density at radius 1 is 1.53 bits per heavy atom. The molecule has 0 radical (unpaired) electrons. The minimum Gasteiger partial charge on any atom is -0.369 e. The summed E-state index contributed by atoms with van der Waals surface area (Å²) in [6.45, 7) is 5.86. The third-order valence-electron chi connectivity index (χ3n) is 2.74. The molecule has 0 aliphatic carbocycles. The third-order valence-corrected chi connectivity index (χ3v) is 2.74. The Morgan fingerprint density at radius 3 is 2.67 bits per heavy atom. The van der Waals surface area contributed by atoms with Crippen LogP contribution in [0.15, 0.2) is 12.4 Å². The summed E-state index contributed by atoms with van der Waals surface area (Å²) < 4.78 is 7.60. The predicted molar refractivity (Wildman–Crippen MR) is 60.7 cm³/mol. The summed E-state index contributed by atoms with van der Waals surface area (Å²) in [7, 11) is 3.75. The number of nitrogens with one attached hydrogen (secondary N) is 1. The van der Waals surface area contributed by atoms with Crippen LogP contribution in [0.25, 0.3) is 0 Å². The van der Waals surface area contributed by atoms with E-state index < -0.39 is 0 Å². The lowest BCUT2D eigenvalue weighted by Crippen LogP contribution is -2.33. The number of hydrogen-bond acceptors (Lipinski definition) is 3. The Balaban J connectivity index is 0.000000531. The van der Waals surface area contributed by atoms with Gasteiger partial charge in [-0.3, -0.25) is 0 Å². The molecule has 4 nitrogen and oxygen atoms in total. The molecule has 0 aromatic carbocycles. The van der Waals surface area contributed by atoms with Gasteiger partial charge in [-0.25, -0.2) is 4.98 Å². The second-order valence-electron chi connectivity index (χ2n) is 3.49. The predicted octanol–water partition coefficient (Wildman–Crippen LogP) is 1.28. The zero-order chi connectivity index (χ0) is 11.3. The minimum absolute atomic E-state index is 0.210. The Labute approximate surface area is 91.7 Å². The quantitative estimate of drug-likeness (QED) is 0.801. The molecule has 1 saturated heterocycles. The average molecular weight is 211 g/mol. The first-order valence-corrected chi connectivity index (χ1v) is 5.52. The van der Waals surface area contributed by atoms with Gasteiger partial charge in [0, 0.05) is 33.1 Å². The Kier molecular flexibility index (Phi) is 4.29. The van der Waals surface area contributed by atoms with Crippen LogP contribution in [-0.4, -0.2) is 29.8 Å². The van der Waals surface area contributed by atoms with Crippen molar-refractivity contribution >= 4 is 0 Å². The van der Waals surface area contributed by atoms with Crippen molar-refractivity contribution in [2.24, 2.45) is 7.05 Å². The lowest BCUT2D eigenvalue weighted by molar-refractivity contribution is -0.00645. The fourth-order valence-electron chi connectivity index (χ4n) is 1.93. The lowest BCUT2D eigenvalue weighted by atomic mass is 10.0. The molecule has 1 aromatic heterocycles. The first-order valence-electron chi connectivity index (χ1n) is 5.52. The normalized spacial score (nSPS) is 24.8. The molecule has 1 aliphatic heterocycles. The van der Waals surface area contributed by atoms with Crippen LogP contribution in [0.3, 0.4) is 0 Å². The van der Waals surface area contributed by atoms with Gasteiger partial charge >= 0.3 is 0 Å². The van der Waals surface area contributed by atoms with E-state index in [-0.39, 0.29) is 5.60 Å². The van der Waals surface area contributed by atoms with Crippen molar-refractivity contribution in [1.82, 2.24) is 14.9 Å². The van der Waals surface area contributed by atoms with Gasteiger partial charge in [-0.05, 0) is 13.0 Å². The molecule has 0 bridgehead atoms. The average Bonchev–Trinajstić information content (AvgIpc) is 2.90. The van der Waals surface area contributed by atoms with Gasteiger partial charge in [0.15, 0.2) is 0 Å². The molecular formula is C11H21N3O. The maximum Gasteiger partial charge on any atom is 0.142 e. The van der Waals surface area contributed by atoms with E-state index in [0.29, 0.717) is 0 Å². The van der Waals surface area contributed by atoms with Gasteiger partial charge in [-0.2, -0.15) is 0 Å². The second kappa shape index (κ2) is 5.28. The molecule has 1 fully saturated rings. The number of ether oxygens (including phenoxy) is 1. The molecule has 0 amide bonds. The smallest absolute Gasteiger partial charge is 0.142 e. The zero-order valence-corrected chi connectivity index (χ0v) is 10.1. The van der Waals surface area contributed by atoms with Gasteiger partial charge in [0.1, 0.15) is 11.4 Å². The van der Waals surface area contributed by atoms with Gasteiger partial charge < -0.3 is 14.6 Å². The number of aromatic nitrogens is 2. The number of methoxy groups -OCH3 is 1. The summed E-state index contributed by atoms with van der Waals surface area (Å²) in [5.41, 5.74) is -0.210. The molecule has 15 heavy (non-hydrogen) atoms. The Morgan fingerprint density at radius 2 is 2.27 bits per heavy atom. The van der Waals surface area contributed by atoms with Gasteiger partial charge in [0.25, 0.3) is 0 Å². The molecular weight excluding hydrogens is 190 g/mol. The standard InChI is InChI=1S/C9H15N3O.C2H6/c1-12-6-5-11-8(12)9(13-2)3-4-10-7-9;1-2/h5-6,10H,3-4,7H2,1-2H3;1-2H3. The zero-order valence-electron chi connectivity index (χ0n) is 10.1. The SMILES string of the molecule is CC.COC1(c2nccn2C)CCNC1. The number of imidazole rings is 1. The van der Waals surface area contributed by atoms with Gasteiger partial charge in [-0.15, -0.1) is 0 Å². The van der Waals surface area contributed by atoms with Crippen LogP contribution in [-0.2, 0) is 17.4 Å². The summed E-state index contributed by atoms with van der Waals surface area (Å²) in [5, 5.41) is 3.30. The summed E-state index contributed by atoms with van der Waals surface area (Å²) in [5.74, 6) is 1.01. The molecule has 0 spiro atoms. The molecule has 0 saturated carbocycles. The second-order valence-corrected chi connectivity index (χ2v) is 3.49. The number of rotatable bonds is 2. The van der Waals surface area contributed by atoms with Crippen molar-refractivity contribution in [3.05, 3.63) is 18.2 Å². The van der Waals surface area contributed by atoms with Crippen molar-refractivity contribution in [2.75, 3.05) is 20.2 Å². The summed E-state index contributed by atoms with van der Waals surface area (Å²) in [4.78, 5) is 4.34. The van der Waals surface area contributed by atoms with E-state index in [9.17, 15) is 0 Å². The molecule has 86 valence electrons. The fourth-order valence-corrected chi connectivity index (χ4v) is 1.93. The molecule has 4 heteroatoms. The molecule has 1 atom stereocenters. The molecule has 1 aromatic rings. The Hall–Kier alpha value is -0.870. The topological polar surface area (TPSA) is 39.1 Å². The number of aryl methyl sites for hydroxylation is 1. The monoisotopic (exact) mass is 211 g/mol. The third kappa shape index (κ3) is 2.21. The lowest BCUT2D eigenvalue weighted by Gasteiger charge is -2.25. The number of hydrogen-bond donors (Lipinski definition) is 1. The van der Waals surface area contributed by atoms with Crippen LogP contribution in [0.1, 0.15) is 26.1 Å². The van der Waals surface area contributed by atoms with Crippen LogP contribution in [0.4, 0.5) is 0 Å². The Bertz CT molecular complexity index is 290. The van der Waals surface area contributed by atoms with Crippen LogP contribution < -0.4 is 5.32 Å². The van der Waals surface area contributed by atoms with Crippen LogP contribution >= 0.6 is 0 Å². The van der Waals surface area contributed by atoms with E-state index in [1.165, 1.54) is 0 Å². The fraction of sp³-hybridized carbons (Fsp3) is 0.727. The first kappa shape index (κ1) is 12.2. The highest BCUT2D eigenvalue weighted by Crippen LogP contribution is 2.29. The van der Waals surface area contributed by atoms with Crippen LogP contribution in [0.2, 0.25) is 0 Å². The maximum atomic E-state index is 5.58. The molecule has 2 heterocycles. The largest absolute Gasteiger partial charge is 0.369 e. The van der Waals surface area contributed by atoms with Gasteiger partial charge in [0.2, 0.25) is 0 Å². The molecule has 1 unspecified atom stereocenters. The van der Waals surface area contributed by atoms with E-state index in [1.807, 2.05) is 37.9 Å². The van der Waals surface area contributed by atoms with Crippen molar-refractivity contribution in [1.29, 1.82) is 0 Å². The molecule has 1 aliphatic rings. The minimum atomic E-state index is -0.210.